The van der Waals surface area contributed by atoms with Crippen molar-refractivity contribution in [3.8, 4) is 11.8 Å². The molecule has 0 amide bonds. The molecule has 3 aromatic carbocycles. The predicted molar refractivity (Wildman–Crippen MR) is 150 cm³/mol. The molecule has 1 fully saturated rings. The van der Waals surface area contributed by atoms with Crippen LogP contribution in [-0.4, -0.2) is 31.9 Å². The van der Waals surface area contributed by atoms with E-state index in [9.17, 15) is 14.0 Å². The lowest BCUT2D eigenvalue weighted by Gasteiger charge is -2.30. The molecule has 204 valence electrons. The molecular weight excluding hydrogens is 529 g/mol. The fourth-order valence-electron chi connectivity index (χ4n) is 4.73. The van der Waals surface area contributed by atoms with Crippen molar-refractivity contribution < 1.29 is 18.6 Å². The van der Waals surface area contributed by atoms with Crippen LogP contribution in [0.1, 0.15) is 37.3 Å². The number of nitrogens with one attached hydrogen (secondary N) is 1. The predicted octanol–water partition coefficient (Wildman–Crippen LogP) is 7.43. The summed E-state index contributed by atoms with van der Waals surface area (Å²) in [7, 11) is 2.66. The maximum Gasteiger partial charge on any atom is 0.145 e. The van der Waals surface area contributed by atoms with Crippen LogP contribution in [0.15, 0.2) is 66.7 Å². The van der Waals surface area contributed by atoms with Crippen LogP contribution in [0.25, 0.3) is 0 Å². The van der Waals surface area contributed by atoms with Crippen LogP contribution in [-0.2, 0) is 6.42 Å². The van der Waals surface area contributed by atoms with Crippen LogP contribution in [0.5, 0.6) is 5.75 Å². The van der Waals surface area contributed by atoms with Crippen LogP contribution in [0.3, 0.4) is 0 Å². The lowest BCUT2D eigenvalue weighted by molar-refractivity contribution is 0.273. The Morgan fingerprint density at radius 1 is 1.05 bits per heavy atom. The Labute approximate surface area is 234 Å². The van der Waals surface area contributed by atoms with Gasteiger partial charge in [0.05, 0.1) is 24.1 Å². The minimum Gasteiger partial charge on any atom is -0.497 e. The second kappa shape index (κ2) is 15.0. The van der Waals surface area contributed by atoms with Crippen molar-refractivity contribution in [1.82, 2.24) is 5.32 Å². The quantitative estimate of drug-likeness (QED) is 0.328. The van der Waals surface area contributed by atoms with Crippen molar-refractivity contribution in [2.75, 3.05) is 20.8 Å². The first-order chi connectivity index (χ1) is 18.1. The molecule has 3 unspecified atom stereocenters. The number of hydrogen-bond donors (Lipinski definition) is 2. The van der Waals surface area contributed by atoms with Crippen molar-refractivity contribution in [3.05, 3.63) is 99.5 Å². The molecule has 0 saturated carbocycles. The van der Waals surface area contributed by atoms with Gasteiger partial charge in [-0.2, -0.15) is 5.26 Å². The third-order valence-corrected chi connectivity index (χ3v) is 6.92. The first kappa shape index (κ1) is 31.5. The molecular formula is C30H34Cl2F2N2O2. The molecule has 38 heavy (non-hydrogen) atoms. The smallest absolute Gasteiger partial charge is 0.145 e. The molecule has 1 aliphatic rings. The van der Waals surface area contributed by atoms with Gasteiger partial charge in [-0.3, -0.25) is 0 Å². The van der Waals surface area contributed by atoms with E-state index in [-0.39, 0.29) is 34.1 Å². The van der Waals surface area contributed by atoms with Gasteiger partial charge in [0.1, 0.15) is 17.4 Å². The largest absolute Gasteiger partial charge is 0.497 e. The van der Waals surface area contributed by atoms with Gasteiger partial charge in [-0.05, 0) is 65.8 Å². The van der Waals surface area contributed by atoms with Crippen molar-refractivity contribution in [2.24, 2.45) is 11.3 Å². The molecule has 1 saturated heterocycles. The van der Waals surface area contributed by atoms with Gasteiger partial charge in [-0.25, -0.2) is 8.78 Å². The Morgan fingerprint density at radius 2 is 1.71 bits per heavy atom. The van der Waals surface area contributed by atoms with Crippen LogP contribution < -0.4 is 10.1 Å². The number of aliphatic hydroxyl groups excluding tert-OH is 1. The monoisotopic (exact) mass is 562 g/mol. The summed E-state index contributed by atoms with van der Waals surface area (Å²) >= 11 is 11.4. The highest BCUT2D eigenvalue weighted by molar-refractivity contribution is 6.31. The Hall–Kier alpha value is -2.69. The zero-order chi connectivity index (χ0) is 28.3. The van der Waals surface area contributed by atoms with Gasteiger partial charge in [-0.15, -0.1) is 0 Å². The number of halogens is 4. The number of methoxy groups -OCH3 is 1. The van der Waals surface area contributed by atoms with Crippen molar-refractivity contribution >= 4 is 23.2 Å². The Morgan fingerprint density at radius 3 is 2.26 bits per heavy atom. The number of ether oxygens (including phenoxy) is 1. The highest BCUT2D eigenvalue weighted by Gasteiger charge is 2.40. The maximum absolute atomic E-state index is 14.5. The standard InChI is InChI=1S/C23H26ClFN2O.C6H4ClF.CH4O/c1-23(2,11-15-7-9-16(28-3)10-8-15)12-21-18(13-26)19(14-27-21)17-5-4-6-20(24)22(17)25;7-5-2-1-3-6(8)4-5;1-2/h4-10,18-19,21,27H,11-12,14H2,1-3H3;1-4H;2H,1H3. The summed E-state index contributed by atoms with van der Waals surface area (Å²) in [6.07, 6.45) is 1.72. The summed E-state index contributed by atoms with van der Waals surface area (Å²) in [5, 5.41) is 20.8. The highest BCUT2D eigenvalue weighted by atomic mass is 35.5. The zero-order valence-electron chi connectivity index (χ0n) is 22.0. The SMILES string of the molecule is CO.COc1ccc(CC(C)(C)CC2NCC(c3cccc(Cl)c3F)C2C#N)cc1.Fc1cccc(Cl)c1. The van der Waals surface area contributed by atoms with E-state index in [0.29, 0.717) is 17.1 Å². The molecule has 1 heterocycles. The second-order valence-electron chi connectivity index (χ2n) is 9.75. The van der Waals surface area contributed by atoms with Gasteiger partial charge in [0.2, 0.25) is 0 Å². The number of rotatable bonds is 6. The summed E-state index contributed by atoms with van der Waals surface area (Å²) < 4.78 is 31.8. The fourth-order valence-corrected chi connectivity index (χ4v) is 5.08. The van der Waals surface area contributed by atoms with E-state index in [2.05, 4.69) is 37.4 Å². The van der Waals surface area contributed by atoms with Gasteiger partial charge in [0.25, 0.3) is 0 Å². The highest BCUT2D eigenvalue weighted by Crippen LogP contribution is 2.39. The van der Waals surface area contributed by atoms with Gasteiger partial charge in [-0.1, -0.05) is 67.4 Å². The summed E-state index contributed by atoms with van der Waals surface area (Å²) in [4.78, 5) is 0. The summed E-state index contributed by atoms with van der Waals surface area (Å²) in [6, 6.07) is 21.4. The fraction of sp³-hybridized carbons (Fsp3) is 0.367. The number of nitrogens with zero attached hydrogens (tertiary/aromatic N) is 1. The van der Waals surface area contributed by atoms with E-state index >= 15 is 0 Å². The van der Waals surface area contributed by atoms with E-state index in [1.807, 2.05) is 12.1 Å². The topological polar surface area (TPSA) is 65.3 Å². The Bertz CT molecular complexity index is 1180. The molecule has 4 rings (SSSR count). The summed E-state index contributed by atoms with van der Waals surface area (Å²) in [6.45, 7) is 5.00. The lowest BCUT2D eigenvalue weighted by Crippen LogP contribution is -2.33. The molecule has 3 atom stereocenters. The van der Waals surface area contributed by atoms with Crippen molar-refractivity contribution in [3.63, 3.8) is 0 Å². The van der Waals surface area contributed by atoms with Gasteiger partial charge >= 0.3 is 0 Å². The Balaban J connectivity index is 0.000000428. The third-order valence-electron chi connectivity index (χ3n) is 6.40. The van der Waals surface area contributed by atoms with E-state index in [1.165, 1.54) is 17.7 Å². The van der Waals surface area contributed by atoms with Gasteiger partial charge in [0.15, 0.2) is 0 Å². The minimum atomic E-state index is -0.408. The van der Waals surface area contributed by atoms with E-state index < -0.39 is 5.82 Å². The van der Waals surface area contributed by atoms with Gasteiger partial charge < -0.3 is 15.2 Å². The molecule has 0 aliphatic carbocycles. The average molecular weight is 564 g/mol. The number of benzene rings is 3. The number of aliphatic hydroxyl groups is 1. The normalized spacial score (nSPS) is 18.4. The number of hydrogen-bond acceptors (Lipinski definition) is 4. The molecule has 2 N–H and O–H groups in total. The van der Waals surface area contributed by atoms with Crippen molar-refractivity contribution in [1.29, 1.82) is 5.26 Å². The maximum atomic E-state index is 14.5. The number of nitriles is 1. The van der Waals surface area contributed by atoms with Crippen LogP contribution in [0, 0.1) is 34.3 Å². The third kappa shape index (κ3) is 8.96. The van der Waals surface area contributed by atoms with E-state index in [4.69, 9.17) is 33.0 Å². The molecule has 8 heteroatoms. The molecule has 1 aliphatic heterocycles. The molecule has 3 aromatic rings. The van der Waals surface area contributed by atoms with Crippen LogP contribution in [0.2, 0.25) is 10.0 Å². The summed E-state index contributed by atoms with van der Waals surface area (Å²) in [5.41, 5.74) is 1.75. The zero-order valence-corrected chi connectivity index (χ0v) is 23.5. The van der Waals surface area contributed by atoms with Crippen LogP contribution >= 0.6 is 23.2 Å². The molecule has 0 bridgehead atoms. The summed E-state index contributed by atoms with van der Waals surface area (Å²) in [5.74, 6) is -0.338. The Kier molecular flexibility index (Phi) is 12.5. The molecule has 0 radical (unpaired) electrons. The first-order valence-electron chi connectivity index (χ1n) is 12.2. The van der Waals surface area contributed by atoms with Crippen molar-refractivity contribution in [2.45, 2.75) is 38.6 Å². The lowest BCUT2D eigenvalue weighted by atomic mass is 9.76. The molecule has 0 spiro atoms. The van der Waals surface area contributed by atoms with Crippen LogP contribution in [0.4, 0.5) is 8.78 Å². The second-order valence-corrected chi connectivity index (χ2v) is 10.6. The average Bonchev–Trinajstić information content (AvgIpc) is 3.28. The first-order valence-corrected chi connectivity index (χ1v) is 12.9. The van der Waals surface area contributed by atoms with Gasteiger partial charge in [0, 0.05) is 30.6 Å². The van der Waals surface area contributed by atoms with E-state index in [0.717, 1.165) is 25.7 Å². The minimum absolute atomic E-state index is 0.0108. The molecule has 4 nitrogen and oxygen atoms in total. The molecule has 0 aromatic heterocycles. The van der Waals surface area contributed by atoms with E-state index in [1.54, 1.807) is 37.4 Å².